The van der Waals surface area contributed by atoms with Crippen molar-refractivity contribution >= 4 is 11.8 Å². The van der Waals surface area contributed by atoms with E-state index in [9.17, 15) is 4.79 Å². The standard InChI is InChI=1S/C11H18N4O2/c1-8-5-11(17-14-8)13-10(16)7-15-4-3-9(6-15)12-2/h5,9,12H,3-4,6-7H2,1-2H3,(H,13,16). The summed E-state index contributed by atoms with van der Waals surface area (Å²) in [5, 5.41) is 9.62. The number of amides is 1. The number of likely N-dealkylation sites (tertiary alicyclic amines) is 1. The van der Waals surface area contributed by atoms with Crippen LogP contribution in [0.3, 0.4) is 0 Å². The van der Waals surface area contributed by atoms with E-state index in [0.29, 0.717) is 18.5 Å². The molecule has 2 rings (SSSR count). The van der Waals surface area contributed by atoms with Crippen LogP contribution in [0, 0.1) is 6.92 Å². The lowest BCUT2D eigenvalue weighted by Gasteiger charge is -2.14. The molecule has 1 aliphatic rings. The van der Waals surface area contributed by atoms with Crippen LogP contribution in [0.5, 0.6) is 0 Å². The van der Waals surface area contributed by atoms with Crippen LogP contribution in [-0.4, -0.2) is 48.7 Å². The van der Waals surface area contributed by atoms with E-state index in [4.69, 9.17) is 4.52 Å². The van der Waals surface area contributed by atoms with Crippen molar-refractivity contribution in [2.45, 2.75) is 19.4 Å². The predicted molar refractivity (Wildman–Crippen MR) is 63.8 cm³/mol. The Morgan fingerprint density at radius 2 is 2.53 bits per heavy atom. The summed E-state index contributed by atoms with van der Waals surface area (Å²) in [5.41, 5.74) is 0.761. The molecule has 0 spiro atoms. The summed E-state index contributed by atoms with van der Waals surface area (Å²) in [6, 6.07) is 2.20. The normalized spacial score (nSPS) is 20.7. The molecule has 1 amide bonds. The Hall–Kier alpha value is -1.40. The van der Waals surface area contributed by atoms with Gasteiger partial charge in [-0.15, -0.1) is 0 Å². The maximum absolute atomic E-state index is 11.7. The lowest BCUT2D eigenvalue weighted by Crippen LogP contribution is -2.34. The average Bonchev–Trinajstić information content (AvgIpc) is 2.88. The lowest BCUT2D eigenvalue weighted by atomic mass is 10.3. The first-order valence-electron chi connectivity index (χ1n) is 5.80. The van der Waals surface area contributed by atoms with Gasteiger partial charge in [0.15, 0.2) is 0 Å². The van der Waals surface area contributed by atoms with Crippen molar-refractivity contribution < 1.29 is 9.32 Å². The summed E-state index contributed by atoms with van der Waals surface area (Å²) in [5.74, 6) is 0.356. The minimum atomic E-state index is -0.0575. The van der Waals surface area contributed by atoms with Crippen LogP contribution < -0.4 is 10.6 Å². The fourth-order valence-electron chi connectivity index (χ4n) is 2.01. The van der Waals surface area contributed by atoms with Gasteiger partial charge in [-0.2, -0.15) is 0 Å². The third-order valence-electron chi connectivity index (χ3n) is 2.94. The second-order valence-electron chi connectivity index (χ2n) is 4.39. The maximum atomic E-state index is 11.7. The number of carbonyl (C=O) groups is 1. The van der Waals surface area contributed by atoms with Gasteiger partial charge in [0, 0.05) is 25.2 Å². The number of rotatable bonds is 4. The van der Waals surface area contributed by atoms with Gasteiger partial charge < -0.3 is 9.84 Å². The highest BCUT2D eigenvalue weighted by molar-refractivity contribution is 5.90. The van der Waals surface area contributed by atoms with E-state index in [2.05, 4.69) is 20.7 Å². The molecule has 6 heteroatoms. The average molecular weight is 238 g/mol. The van der Waals surface area contributed by atoms with Gasteiger partial charge in [0.05, 0.1) is 12.2 Å². The predicted octanol–water partition coefficient (Wildman–Crippen LogP) is 0.215. The molecule has 1 aromatic heterocycles. The first-order chi connectivity index (χ1) is 8.17. The number of hydrogen-bond donors (Lipinski definition) is 2. The van der Waals surface area contributed by atoms with Crippen LogP contribution in [-0.2, 0) is 4.79 Å². The smallest absolute Gasteiger partial charge is 0.240 e. The summed E-state index contributed by atoms with van der Waals surface area (Å²) < 4.78 is 4.93. The zero-order chi connectivity index (χ0) is 12.3. The zero-order valence-corrected chi connectivity index (χ0v) is 10.2. The number of carbonyl (C=O) groups excluding carboxylic acids is 1. The number of anilines is 1. The molecule has 1 atom stereocenters. The quantitative estimate of drug-likeness (QED) is 0.785. The summed E-state index contributed by atoms with van der Waals surface area (Å²) in [6.45, 7) is 4.09. The highest BCUT2D eigenvalue weighted by atomic mass is 16.5. The third-order valence-corrected chi connectivity index (χ3v) is 2.94. The second-order valence-corrected chi connectivity index (χ2v) is 4.39. The van der Waals surface area contributed by atoms with E-state index in [0.717, 1.165) is 25.2 Å². The molecule has 2 heterocycles. The van der Waals surface area contributed by atoms with E-state index in [1.807, 2.05) is 14.0 Å². The van der Waals surface area contributed by atoms with Crippen molar-refractivity contribution in [3.05, 3.63) is 11.8 Å². The Bertz CT molecular complexity index is 391. The molecular formula is C11H18N4O2. The van der Waals surface area contributed by atoms with Crippen LogP contribution >= 0.6 is 0 Å². The molecule has 0 bridgehead atoms. The summed E-state index contributed by atoms with van der Waals surface area (Å²) in [7, 11) is 1.95. The van der Waals surface area contributed by atoms with Crippen molar-refractivity contribution in [2.75, 3.05) is 32.0 Å². The number of nitrogens with zero attached hydrogens (tertiary/aromatic N) is 2. The zero-order valence-electron chi connectivity index (χ0n) is 10.2. The molecule has 0 aromatic carbocycles. The number of hydrogen-bond acceptors (Lipinski definition) is 5. The molecule has 1 aliphatic heterocycles. The topological polar surface area (TPSA) is 70.4 Å². The molecule has 0 radical (unpaired) electrons. The fourth-order valence-corrected chi connectivity index (χ4v) is 2.01. The first-order valence-corrected chi connectivity index (χ1v) is 5.80. The van der Waals surface area contributed by atoms with Crippen LogP contribution in [0.2, 0.25) is 0 Å². The molecule has 2 N–H and O–H groups in total. The van der Waals surface area contributed by atoms with E-state index < -0.39 is 0 Å². The monoisotopic (exact) mass is 238 g/mol. The fraction of sp³-hybridized carbons (Fsp3) is 0.636. The molecule has 6 nitrogen and oxygen atoms in total. The highest BCUT2D eigenvalue weighted by Crippen LogP contribution is 2.10. The molecule has 1 fully saturated rings. The van der Waals surface area contributed by atoms with Crippen molar-refractivity contribution in [3.63, 3.8) is 0 Å². The second kappa shape index (κ2) is 5.29. The van der Waals surface area contributed by atoms with Gasteiger partial charge in [-0.25, -0.2) is 0 Å². The lowest BCUT2D eigenvalue weighted by molar-refractivity contribution is -0.117. The van der Waals surface area contributed by atoms with E-state index >= 15 is 0 Å². The van der Waals surface area contributed by atoms with Gasteiger partial charge in [0.1, 0.15) is 0 Å². The van der Waals surface area contributed by atoms with Crippen LogP contribution in [0.4, 0.5) is 5.88 Å². The molecule has 0 aliphatic carbocycles. The number of aryl methyl sites for hydroxylation is 1. The van der Waals surface area contributed by atoms with Crippen LogP contribution in [0.15, 0.2) is 10.6 Å². The van der Waals surface area contributed by atoms with E-state index in [-0.39, 0.29) is 5.91 Å². The Morgan fingerprint density at radius 1 is 1.71 bits per heavy atom. The number of nitrogens with one attached hydrogen (secondary N) is 2. The van der Waals surface area contributed by atoms with Gasteiger partial charge in [0.25, 0.3) is 0 Å². The molecule has 17 heavy (non-hydrogen) atoms. The van der Waals surface area contributed by atoms with Gasteiger partial charge in [-0.1, -0.05) is 5.16 Å². The molecule has 94 valence electrons. The molecule has 1 aromatic rings. The minimum Gasteiger partial charge on any atom is -0.338 e. The van der Waals surface area contributed by atoms with Gasteiger partial charge in [-0.3, -0.25) is 15.0 Å². The minimum absolute atomic E-state index is 0.0575. The van der Waals surface area contributed by atoms with Gasteiger partial charge >= 0.3 is 0 Å². The molecular weight excluding hydrogens is 220 g/mol. The number of likely N-dealkylation sites (N-methyl/N-ethyl adjacent to an activating group) is 1. The van der Waals surface area contributed by atoms with Crippen molar-refractivity contribution in [2.24, 2.45) is 0 Å². The molecule has 1 saturated heterocycles. The van der Waals surface area contributed by atoms with Crippen molar-refractivity contribution in [3.8, 4) is 0 Å². The summed E-state index contributed by atoms with van der Waals surface area (Å²) in [6.07, 6.45) is 1.09. The third kappa shape index (κ3) is 3.28. The van der Waals surface area contributed by atoms with Crippen LogP contribution in [0.25, 0.3) is 0 Å². The maximum Gasteiger partial charge on any atom is 0.240 e. The first kappa shape index (κ1) is 12.1. The van der Waals surface area contributed by atoms with Crippen molar-refractivity contribution in [1.29, 1.82) is 0 Å². The van der Waals surface area contributed by atoms with E-state index in [1.54, 1.807) is 6.07 Å². The summed E-state index contributed by atoms with van der Waals surface area (Å²) in [4.78, 5) is 13.8. The summed E-state index contributed by atoms with van der Waals surface area (Å²) >= 11 is 0. The Kier molecular flexibility index (Phi) is 3.75. The highest BCUT2D eigenvalue weighted by Gasteiger charge is 2.22. The molecule has 1 unspecified atom stereocenters. The van der Waals surface area contributed by atoms with Gasteiger partial charge in [0.2, 0.25) is 11.8 Å². The SMILES string of the molecule is CNC1CCN(CC(=O)Nc2cc(C)no2)C1. The Morgan fingerprint density at radius 3 is 3.12 bits per heavy atom. The van der Waals surface area contributed by atoms with Crippen LogP contribution in [0.1, 0.15) is 12.1 Å². The van der Waals surface area contributed by atoms with Crippen molar-refractivity contribution in [1.82, 2.24) is 15.4 Å². The van der Waals surface area contributed by atoms with Gasteiger partial charge in [-0.05, 0) is 20.4 Å². The Labute approximate surface area is 100 Å². The number of aromatic nitrogens is 1. The Balaban J connectivity index is 1.78. The van der Waals surface area contributed by atoms with E-state index in [1.165, 1.54) is 0 Å². The molecule has 0 saturated carbocycles. The largest absolute Gasteiger partial charge is 0.338 e.